The van der Waals surface area contributed by atoms with Crippen molar-refractivity contribution < 1.29 is 49.6 Å². The standard InChI is InChI=1S/C21H20O11/c1-7-13(25)15(27)17(29)21(30-7)32-19-11(24)6-10(23)12-14(26)16(28)18(31-20(12)19)8-2-4-9(22)5-3-8/h2-7,13,15,17,21-25,27-29H,1H3/t7-,13-,15-,17-,21-/m0/s1. The van der Waals surface area contributed by atoms with Gasteiger partial charge in [-0.1, -0.05) is 0 Å². The third-order valence-corrected chi connectivity index (χ3v) is 5.23. The Bertz CT molecular complexity index is 1220. The van der Waals surface area contributed by atoms with Gasteiger partial charge in [-0.05, 0) is 31.2 Å². The lowest BCUT2D eigenvalue weighted by atomic mass is 10.00. The number of fused-ring (bicyclic) bond motifs is 1. The number of benzene rings is 2. The Kier molecular flexibility index (Phi) is 5.34. The molecular formula is C21H20O11. The number of ether oxygens (including phenoxy) is 2. The largest absolute Gasteiger partial charge is 0.508 e. The van der Waals surface area contributed by atoms with Crippen molar-refractivity contribution >= 4 is 11.0 Å². The van der Waals surface area contributed by atoms with Crippen LogP contribution in [0.25, 0.3) is 22.3 Å². The van der Waals surface area contributed by atoms with Crippen molar-refractivity contribution in [2.45, 2.75) is 37.6 Å². The molecule has 0 aliphatic carbocycles. The maximum atomic E-state index is 12.8. The van der Waals surface area contributed by atoms with E-state index in [2.05, 4.69) is 0 Å². The third-order valence-electron chi connectivity index (χ3n) is 5.23. The summed E-state index contributed by atoms with van der Waals surface area (Å²) in [6.45, 7) is 1.42. The average Bonchev–Trinajstić information content (AvgIpc) is 2.75. The minimum atomic E-state index is -1.73. The molecule has 5 atom stereocenters. The summed E-state index contributed by atoms with van der Waals surface area (Å²) in [7, 11) is 0. The number of hydrogen-bond acceptors (Lipinski definition) is 11. The van der Waals surface area contributed by atoms with Crippen molar-refractivity contribution in [3.8, 4) is 40.1 Å². The van der Waals surface area contributed by atoms with Gasteiger partial charge in [0.15, 0.2) is 17.1 Å². The summed E-state index contributed by atoms with van der Waals surface area (Å²) >= 11 is 0. The van der Waals surface area contributed by atoms with Crippen LogP contribution in [0.2, 0.25) is 0 Å². The van der Waals surface area contributed by atoms with Gasteiger partial charge in [0.2, 0.25) is 23.2 Å². The molecule has 2 heterocycles. The van der Waals surface area contributed by atoms with Crippen LogP contribution in [0.4, 0.5) is 0 Å². The monoisotopic (exact) mass is 448 g/mol. The smallest absolute Gasteiger partial charge is 0.238 e. The van der Waals surface area contributed by atoms with Crippen molar-refractivity contribution in [3.63, 3.8) is 0 Å². The highest BCUT2D eigenvalue weighted by molar-refractivity contribution is 5.93. The fourth-order valence-electron chi connectivity index (χ4n) is 3.45. The van der Waals surface area contributed by atoms with Gasteiger partial charge in [0.1, 0.15) is 35.2 Å². The molecule has 1 aromatic heterocycles. The summed E-state index contributed by atoms with van der Waals surface area (Å²) in [5, 5.41) is 69.9. The van der Waals surface area contributed by atoms with Gasteiger partial charge in [-0.25, -0.2) is 0 Å². The van der Waals surface area contributed by atoms with Gasteiger partial charge < -0.3 is 49.6 Å². The zero-order valence-corrected chi connectivity index (χ0v) is 16.5. The third kappa shape index (κ3) is 3.46. The molecule has 1 aliphatic rings. The summed E-state index contributed by atoms with van der Waals surface area (Å²) in [5.41, 5.74) is -1.32. The highest BCUT2D eigenvalue weighted by Crippen LogP contribution is 2.43. The first kappa shape index (κ1) is 21.7. The summed E-state index contributed by atoms with van der Waals surface area (Å²) in [6.07, 6.45) is -7.29. The fraction of sp³-hybridized carbons (Fsp3) is 0.286. The quantitative estimate of drug-likeness (QED) is 0.295. The van der Waals surface area contributed by atoms with Crippen LogP contribution in [0, 0.1) is 0 Å². The molecule has 4 rings (SSSR count). The number of aliphatic hydroxyl groups is 3. The Morgan fingerprint density at radius 1 is 0.906 bits per heavy atom. The second-order valence-electron chi connectivity index (χ2n) is 7.40. The predicted molar refractivity (Wildman–Crippen MR) is 108 cm³/mol. The molecule has 3 aromatic rings. The van der Waals surface area contributed by atoms with Crippen molar-refractivity contribution in [3.05, 3.63) is 40.6 Å². The van der Waals surface area contributed by atoms with E-state index in [4.69, 9.17) is 13.9 Å². The normalized spacial score (nSPS) is 25.7. The molecule has 7 N–H and O–H groups in total. The Hall–Kier alpha value is -3.51. The van der Waals surface area contributed by atoms with E-state index in [0.29, 0.717) is 0 Å². The first-order chi connectivity index (χ1) is 15.1. The van der Waals surface area contributed by atoms with Crippen LogP contribution in [0.1, 0.15) is 6.92 Å². The predicted octanol–water partition coefficient (Wildman–Crippen LogP) is 0.489. The molecule has 170 valence electrons. The molecule has 11 heteroatoms. The molecule has 0 amide bonds. The molecular weight excluding hydrogens is 428 g/mol. The van der Waals surface area contributed by atoms with E-state index < -0.39 is 70.1 Å². The van der Waals surface area contributed by atoms with Gasteiger partial charge in [-0.2, -0.15) is 0 Å². The van der Waals surface area contributed by atoms with E-state index in [0.717, 1.165) is 6.07 Å². The van der Waals surface area contributed by atoms with Crippen molar-refractivity contribution in [2.24, 2.45) is 0 Å². The van der Waals surface area contributed by atoms with Crippen LogP contribution in [0.5, 0.6) is 28.7 Å². The molecule has 1 fully saturated rings. The first-order valence-electron chi connectivity index (χ1n) is 9.50. The van der Waals surface area contributed by atoms with Crippen LogP contribution in [-0.2, 0) is 4.74 Å². The van der Waals surface area contributed by atoms with E-state index in [1.54, 1.807) is 0 Å². The molecule has 0 bridgehead atoms. The number of phenols is 3. The summed E-state index contributed by atoms with van der Waals surface area (Å²) in [4.78, 5) is 12.8. The fourth-order valence-corrected chi connectivity index (χ4v) is 3.45. The van der Waals surface area contributed by atoms with Gasteiger partial charge >= 0.3 is 0 Å². The number of phenolic OH excluding ortho intramolecular Hbond substituents is 3. The van der Waals surface area contributed by atoms with Gasteiger partial charge in [0.05, 0.1) is 6.10 Å². The van der Waals surface area contributed by atoms with Crippen molar-refractivity contribution in [1.82, 2.24) is 0 Å². The molecule has 2 aromatic carbocycles. The molecule has 0 radical (unpaired) electrons. The maximum absolute atomic E-state index is 12.8. The Morgan fingerprint density at radius 3 is 2.22 bits per heavy atom. The molecule has 32 heavy (non-hydrogen) atoms. The Morgan fingerprint density at radius 2 is 1.56 bits per heavy atom. The highest BCUT2D eigenvalue weighted by Gasteiger charge is 2.43. The molecule has 0 unspecified atom stereocenters. The minimum Gasteiger partial charge on any atom is -0.508 e. The second-order valence-corrected chi connectivity index (χ2v) is 7.40. The lowest BCUT2D eigenvalue weighted by Gasteiger charge is -2.38. The van der Waals surface area contributed by atoms with Crippen LogP contribution in [0.15, 0.2) is 39.5 Å². The number of aromatic hydroxyl groups is 4. The van der Waals surface area contributed by atoms with E-state index in [1.165, 1.54) is 31.2 Å². The van der Waals surface area contributed by atoms with Gasteiger partial charge in [0.25, 0.3) is 0 Å². The lowest BCUT2D eigenvalue weighted by Crippen LogP contribution is -2.58. The van der Waals surface area contributed by atoms with Crippen LogP contribution in [-0.4, -0.2) is 66.5 Å². The summed E-state index contributed by atoms with van der Waals surface area (Å²) in [6, 6.07) is 6.07. The molecule has 1 aliphatic heterocycles. The number of hydrogen-bond donors (Lipinski definition) is 7. The van der Waals surface area contributed by atoms with E-state index in [9.17, 15) is 40.5 Å². The van der Waals surface area contributed by atoms with Gasteiger partial charge in [-0.15, -0.1) is 0 Å². The first-order valence-corrected chi connectivity index (χ1v) is 9.50. The molecule has 1 saturated heterocycles. The van der Waals surface area contributed by atoms with E-state index in [-0.39, 0.29) is 17.1 Å². The highest BCUT2D eigenvalue weighted by atomic mass is 16.7. The zero-order valence-electron chi connectivity index (χ0n) is 16.5. The topological polar surface area (TPSA) is 190 Å². The van der Waals surface area contributed by atoms with Crippen LogP contribution in [0.3, 0.4) is 0 Å². The Balaban J connectivity index is 1.89. The lowest BCUT2D eigenvalue weighted by molar-refractivity contribution is -0.268. The Labute approximate surface area is 179 Å². The SMILES string of the molecule is C[C@@H]1O[C@@H](Oc2c(O)cc(O)c3c(=O)c(O)c(-c4ccc(O)cc4)oc23)[C@@H](O)[C@@H](O)[C@H]1O. The summed E-state index contributed by atoms with van der Waals surface area (Å²) in [5.74, 6) is -3.17. The second kappa shape index (κ2) is 7.88. The average molecular weight is 448 g/mol. The minimum absolute atomic E-state index is 0.0750. The number of rotatable bonds is 3. The van der Waals surface area contributed by atoms with Gasteiger partial charge in [0, 0.05) is 11.6 Å². The molecule has 0 spiro atoms. The summed E-state index contributed by atoms with van der Waals surface area (Å²) < 4.78 is 16.5. The van der Waals surface area contributed by atoms with Crippen LogP contribution >= 0.6 is 0 Å². The van der Waals surface area contributed by atoms with Gasteiger partial charge in [-0.3, -0.25) is 4.79 Å². The molecule has 11 nitrogen and oxygen atoms in total. The van der Waals surface area contributed by atoms with Crippen molar-refractivity contribution in [2.75, 3.05) is 0 Å². The van der Waals surface area contributed by atoms with Crippen LogP contribution < -0.4 is 10.2 Å². The molecule has 0 saturated carbocycles. The van der Waals surface area contributed by atoms with E-state index in [1.807, 2.05) is 0 Å². The number of aliphatic hydroxyl groups excluding tert-OH is 3. The zero-order chi connectivity index (χ0) is 23.3. The van der Waals surface area contributed by atoms with Crippen molar-refractivity contribution in [1.29, 1.82) is 0 Å². The maximum Gasteiger partial charge on any atom is 0.238 e. The van der Waals surface area contributed by atoms with E-state index >= 15 is 0 Å².